The second-order valence-electron chi connectivity index (χ2n) is 8.82. The molecule has 0 amide bonds. The van der Waals surface area contributed by atoms with Gasteiger partial charge in [0.15, 0.2) is 8.32 Å². The molecule has 0 unspecified atom stereocenters. The minimum atomic E-state index is -1.29. The molecule has 162 valence electrons. The largest absolute Gasteiger partial charge is 0.525 e. The van der Waals surface area contributed by atoms with Gasteiger partial charge in [-0.15, -0.1) is 0 Å². The van der Waals surface area contributed by atoms with Crippen molar-refractivity contribution in [1.82, 2.24) is 0 Å². The minimum Gasteiger partial charge on any atom is -0.525 e. The van der Waals surface area contributed by atoms with Crippen LogP contribution in [0.5, 0.6) is 0 Å². The molecule has 0 N–H and O–H groups in total. The molecule has 0 aromatic rings. The molecule has 0 fully saturated rings. The first-order valence-electron chi connectivity index (χ1n) is 11.8. The van der Waals surface area contributed by atoms with Gasteiger partial charge in [-0.3, -0.25) is 4.79 Å². The highest BCUT2D eigenvalue weighted by Crippen LogP contribution is 2.14. The second-order valence-corrected chi connectivity index (χ2v) is 14.2. The normalized spacial score (nSPS) is 12.1. The Kier molecular flexibility index (Phi) is 19.1. The molecule has 0 rings (SSSR count). The summed E-state index contributed by atoms with van der Waals surface area (Å²) in [6, 6.07) is 0. The lowest BCUT2D eigenvalue weighted by molar-refractivity contribution is -0.134. The van der Waals surface area contributed by atoms with Gasteiger partial charge < -0.3 is 8.85 Å². The lowest BCUT2D eigenvalue weighted by Crippen LogP contribution is -2.25. The van der Waals surface area contributed by atoms with Crippen molar-refractivity contribution in [2.75, 3.05) is 6.61 Å². The van der Waals surface area contributed by atoms with Gasteiger partial charge in [-0.2, -0.15) is 0 Å². The number of hydrogen-bond donors (Lipinski definition) is 0. The van der Waals surface area contributed by atoms with Crippen LogP contribution in [-0.4, -0.2) is 30.7 Å². The first-order valence-corrected chi connectivity index (χ1v) is 17.2. The van der Waals surface area contributed by atoms with E-state index in [-0.39, 0.29) is 5.97 Å². The van der Waals surface area contributed by atoms with E-state index in [0.717, 1.165) is 13.0 Å². The molecule has 0 heterocycles. The van der Waals surface area contributed by atoms with Gasteiger partial charge in [-0.05, 0) is 39.0 Å². The van der Waals surface area contributed by atoms with Gasteiger partial charge >= 0.3 is 0 Å². The Balaban J connectivity index is 3.08. The van der Waals surface area contributed by atoms with Crippen molar-refractivity contribution in [3.63, 3.8) is 0 Å². The summed E-state index contributed by atoms with van der Waals surface area (Å²) in [5, 5.41) is 0. The van der Waals surface area contributed by atoms with Crippen LogP contribution < -0.4 is 0 Å². The third-order valence-electron chi connectivity index (χ3n) is 4.87. The third kappa shape index (κ3) is 23.8. The highest BCUT2D eigenvalue weighted by atomic mass is 28.4. The number of carbonyl (C=O) groups is 1. The van der Waals surface area contributed by atoms with E-state index in [0.29, 0.717) is 6.42 Å². The molecule has 27 heavy (non-hydrogen) atoms. The number of rotatable bonds is 20. The molecule has 0 saturated heterocycles. The molecule has 0 saturated carbocycles. The smallest absolute Gasteiger partial charge is 0.292 e. The maximum Gasteiger partial charge on any atom is 0.292 e. The van der Waals surface area contributed by atoms with Gasteiger partial charge in [0.05, 0.1) is 0 Å². The number of hydrogen-bond acceptors (Lipinski definition) is 3. The van der Waals surface area contributed by atoms with Crippen LogP contribution in [0.15, 0.2) is 0 Å². The molecule has 0 atom stereocenters. The zero-order valence-corrected chi connectivity index (χ0v) is 21.4. The highest BCUT2D eigenvalue weighted by molar-refractivity contribution is 6.69. The summed E-state index contributed by atoms with van der Waals surface area (Å²) in [7, 11) is -1.85. The Morgan fingerprint density at radius 3 is 1.41 bits per heavy atom. The van der Waals surface area contributed by atoms with E-state index >= 15 is 0 Å². The van der Waals surface area contributed by atoms with Crippen LogP contribution in [0.4, 0.5) is 0 Å². The van der Waals surface area contributed by atoms with E-state index < -0.39 is 18.1 Å². The van der Waals surface area contributed by atoms with Crippen LogP contribution in [0, 0.1) is 0 Å². The number of unbranched alkanes of at least 4 members (excludes halogenated alkanes) is 14. The molecule has 0 aromatic carbocycles. The number of carbonyl (C=O) groups excluding carboxylic acids is 1. The van der Waals surface area contributed by atoms with Crippen molar-refractivity contribution in [1.29, 1.82) is 0 Å². The summed E-state index contributed by atoms with van der Waals surface area (Å²) in [6.45, 7) is 9.78. The first-order chi connectivity index (χ1) is 13.0. The van der Waals surface area contributed by atoms with Gasteiger partial charge in [0.2, 0.25) is 9.76 Å². The van der Waals surface area contributed by atoms with Gasteiger partial charge in [0.1, 0.15) is 0 Å². The fraction of sp³-hybridized carbons (Fsp3) is 0.955. The zero-order valence-electron chi connectivity index (χ0n) is 19.0. The molecule has 0 aliphatic heterocycles. The van der Waals surface area contributed by atoms with Crippen molar-refractivity contribution in [3.8, 4) is 0 Å². The fourth-order valence-electron chi connectivity index (χ4n) is 3.28. The lowest BCUT2D eigenvalue weighted by Gasteiger charge is -2.16. The Bertz CT molecular complexity index is 330. The van der Waals surface area contributed by atoms with E-state index in [1.54, 1.807) is 0 Å². The fourth-order valence-corrected chi connectivity index (χ4v) is 4.50. The average molecular weight is 417 g/mol. The predicted octanol–water partition coefficient (Wildman–Crippen LogP) is 6.75. The predicted molar refractivity (Wildman–Crippen MR) is 124 cm³/mol. The Labute approximate surface area is 173 Å². The Morgan fingerprint density at radius 2 is 1.04 bits per heavy atom. The molecule has 0 bridgehead atoms. The van der Waals surface area contributed by atoms with Crippen LogP contribution in [0.3, 0.4) is 0 Å². The summed E-state index contributed by atoms with van der Waals surface area (Å²) in [4.78, 5) is 11.2. The molecule has 0 spiro atoms. The third-order valence-corrected chi connectivity index (χ3v) is 6.55. The molecule has 5 heteroatoms. The lowest BCUT2D eigenvalue weighted by atomic mass is 10.0. The van der Waals surface area contributed by atoms with E-state index in [2.05, 4.69) is 19.6 Å². The molecule has 3 nitrogen and oxygen atoms in total. The summed E-state index contributed by atoms with van der Waals surface area (Å²) < 4.78 is 11.0. The van der Waals surface area contributed by atoms with Crippen LogP contribution in [-0.2, 0) is 13.6 Å². The van der Waals surface area contributed by atoms with E-state index in [1.807, 2.05) is 6.55 Å². The maximum absolute atomic E-state index is 11.2. The SMILES string of the molecule is C[SiH2]OC(=O)CCCCCCCCCCCCCCCCCO[Si](C)(C)C. The molecule has 0 aliphatic carbocycles. The van der Waals surface area contributed by atoms with Gasteiger partial charge in [-0.25, -0.2) is 0 Å². The van der Waals surface area contributed by atoms with Crippen molar-refractivity contribution in [2.24, 2.45) is 0 Å². The van der Waals surface area contributed by atoms with E-state index in [1.165, 1.54) is 89.9 Å². The van der Waals surface area contributed by atoms with E-state index in [9.17, 15) is 4.79 Å². The van der Waals surface area contributed by atoms with Gasteiger partial charge in [-0.1, -0.05) is 83.5 Å². The average Bonchev–Trinajstić information content (AvgIpc) is 2.60. The van der Waals surface area contributed by atoms with Gasteiger partial charge in [0, 0.05) is 13.0 Å². The Hall–Kier alpha value is -0.136. The van der Waals surface area contributed by atoms with Crippen LogP contribution >= 0.6 is 0 Å². The quantitative estimate of drug-likeness (QED) is 0.162. The molecular weight excluding hydrogens is 368 g/mol. The molecule has 0 aliphatic rings. The van der Waals surface area contributed by atoms with Crippen LogP contribution in [0.25, 0.3) is 0 Å². The van der Waals surface area contributed by atoms with Crippen molar-refractivity contribution >= 4 is 24.0 Å². The van der Waals surface area contributed by atoms with Crippen molar-refractivity contribution in [3.05, 3.63) is 0 Å². The summed E-state index contributed by atoms with van der Waals surface area (Å²) in [6.07, 6.45) is 20.6. The second kappa shape index (κ2) is 19.2. The van der Waals surface area contributed by atoms with Crippen molar-refractivity contribution in [2.45, 2.75) is 129 Å². The van der Waals surface area contributed by atoms with Crippen molar-refractivity contribution < 1.29 is 13.6 Å². The van der Waals surface area contributed by atoms with Crippen LogP contribution in [0.2, 0.25) is 26.2 Å². The highest BCUT2D eigenvalue weighted by Gasteiger charge is 2.12. The molecule has 0 aromatic heterocycles. The zero-order chi connectivity index (χ0) is 20.2. The van der Waals surface area contributed by atoms with Crippen LogP contribution in [0.1, 0.15) is 103 Å². The summed E-state index contributed by atoms with van der Waals surface area (Å²) in [5.74, 6) is 0.0280. The topological polar surface area (TPSA) is 35.5 Å². The first kappa shape index (κ1) is 26.9. The molecular formula is C22H48O3Si2. The molecule has 0 radical (unpaired) electrons. The van der Waals surface area contributed by atoms with Gasteiger partial charge in [0.25, 0.3) is 5.97 Å². The minimum absolute atomic E-state index is 0.0280. The summed E-state index contributed by atoms with van der Waals surface area (Å²) >= 11 is 0. The Morgan fingerprint density at radius 1 is 0.667 bits per heavy atom. The monoisotopic (exact) mass is 416 g/mol. The maximum atomic E-state index is 11.2. The standard InChI is InChI=1S/C22H48O3Si2/c1-26-25-22(23)20-18-16-14-12-10-8-6-5-7-9-11-13-15-17-19-21-24-27(2,3)4/h5-21,26H2,1-4H3. The van der Waals surface area contributed by atoms with E-state index in [4.69, 9.17) is 8.85 Å². The summed E-state index contributed by atoms with van der Waals surface area (Å²) in [5.41, 5.74) is 0.